The van der Waals surface area contributed by atoms with Crippen LogP contribution in [0.2, 0.25) is 5.02 Å². The second-order valence-corrected chi connectivity index (χ2v) is 8.13. The molecule has 1 amide bonds. The third-order valence-electron chi connectivity index (χ3n) is 3.65. The molecule has 0 aliphatic rings. The number of methoxy groups -OCH3 is 1. The quantitative estimate of drug-likeness (QED) is 0.862. The van der Waals surface area contributed by atoms with Gasteiger partial charge in [-0.25, -0.2) is 0 Å². The maximum Gasteiger partial charge on any atom is 0.283 e. The smallest absolute Gasteiger partial charge is 0.283 e. The predicted octanol–water partition coefficient (Wildman–Crippen LogP) is 3.47. The highest BCUT2D eigenvalue weighted by Crippen LogP contribution is 2.25. The number of nitrogens with zero attached hydrogens (tertiary/aromatic N) is 2. The maximum absolute atomic E-state index is 12.7. The molecule has 136 valence electrons. The van der Waals surface area contributed by atoms with Gasteiger partial charge in [0.15, 0.2) is 4.80 Å². The Morgan fingerprint density at radius 1 is 1.40 bits per heavy atom. The van der Waals surface area contributed by atoms with E-state index in [2.05, 4.69) is 37.3 Å². The third kappa shape index (κ3) is 4.93. The molecule has 0 bridgehead atoms. The van der Waals surface area contributed by atoms with E-state index in [-0.39, 0.29) is 11.3 Å². The molecule has 0 aliphatic heterocycles. The molecule has 0 saturated heterocycles. The molecule has 1 heterocycles. The molecule has 2 rings (SSSR count). The van der Waals surface area contributed by atoms with Crippen LogP contribution in [-0.4, -0.2) is 31.2 Å². The van der Waals surface area contributed by atoms with Crippen LogP contribution in [0.4, 0.5) is 0 Å². The summed E-state index contributed by atoms with van der Waals surface area (Å²) >= 11 is 7.56. The van der Waals surface area contributed by atoms with Crippen molar-refractivity contribution in [2.45, 2.75) is 32.7 Å². The molecule has 1 aromatic carbocycles. The van der Waals surface area contributed by atoms with Crippen LogP contribution in [-0.2, 0) is 12.0 Å². The lowest BCUT2D eigenvalue weighted by Crippen LogP contribution is -2.22. The number of carbonyl (C=O) groups is 1. The van der Waals surface area contributed by atoms with Crippen molar-refractivity contribution in [2.75, 3.05) is 20.7 Å². The Labute approximate surface area is 157 Å². The Balaban J connectivity index is 2.50. The molecule has 0 fully saturated rings. The van der Waals surface area contributed by atoms with Crippen LogP contribution >= 0.6 is 22.9 Å². The van der Waals surface area contributed by atoms with E-state index in [1.807, 2.05) is 11.6 Å². The molecule has 0 spiro atoms. The molecule has 7 heteroatoms. The van der Waals surface area contributed by atoms with Gasteiger partial charge in [0.2, 0.25) is 0 Å². The molecule has 0 saturated carbocycles. The lowest BCUT2D eigenvalue weighted by Gasteiger charge is -2.14. The lowest BCUT2D eigenvalue weighted by atomic mass is 9.95. The molecule has 0 atom stereocenters. The second kappa shape index (κ2) is 8.17. The van der Waals surface area contributed by atoms with Gasteiger partial charge in [-0.1, -0.05) is 32.4 Å². The third-order valence-corrected chi connectivity index (χ3v) is 5.33. The zero-order valence-electron chi connectivity index (χ0n) is 15.2. The first kappa shape index (κ1) is 19.7. The Bertz CT molecular complexity index is 818. The van der Waals surface area contributed by atoms with E-state index in [0.29, 0.717) is 21.1 Å². The van der Waals surface area contributed by atoms with Crippen molar-refractivity contribution in [1.29, 1.82) is 0 Å². The van der Waals surface area contributed by atoms with Crippen molar-refractivity contribution in [3.63, 3.8) is 0 Å². The summed E-state index contributed by atoms with van der Waals surface area (Å²) in [6.45, 7) is 7.97. The Kier molecular flexibility index (Phi) is 6.43. The van der Waals surface area contributed by atoms with Crippen LogP contribution in [0.25, 0.3) is 0 Å². The van der Waals surface area contributed by atoms with Crippen LogP contribution in [0, 0.1) is 0 Å². The average molecular weight is 382 g/mol. The number of halogens is 1. The fourth-order valence-electron chi connectivity index (χ4n) is 2.20. The number of benzene rings is 1. The number of likely N-dealkylation sites (N-methyl/N-ethyl adjacent to an activating group) is 1. The van der Waals surface area contributed by atoms with E-state index in [1.165, 1.54) is 23.3 Å². The zero-order chi connectivity index (χ0) is 18.6. The summed E-state index contributed by atoms with van der Waals surface area (Å²) in [6, 6.07) is 4.95. The normalized spacial score (nSPS) is 12.5. The number of aromatic nitrogens is 1. The highest BCUT2D eigenvalue weighted by atomic mass is 35.5. The van der Waals surface area contributed by atoms with Crippen LogP contribution in [0.3, 0.4) is 0 Å². The van der Waals surface area contributed by atoms with E-state index in [1.54, 1.807) is 18.2 Å². The standard InChI is InChI=1S/C18H24ClN3O2S/c1-18(2,3)15-11-22(9-8-20-4)17(25-15)21-16(23)13-10-12(19)6-7-14(13)24-5/h6-7,10-11,20H,8-9H2,1-5H3. The van der Waals surface area contributed by atoms with Gasteiger partial charge in [-0.15, -0.1) is 11.3 Å². The number of amides is 1. The summed E-state index contributed by atoms with van der Waals surface area (Å²) in [5, 5.41) is 3.60. The first-order valence-electron chi connectivity index (χ1n) is 8.04. The highest BCUT2D eigenvalue weighted by Gasteiger charge is 2.19. The molecular formula is C18H24ClN3O2S. The maximum atomic E-state index is 12.7. The minimum atomic E-state index is -0.361. The van der Waals surface area contributed by atoms with Gasteiger partial charge in [0.25, 0.3) is 5.91 Å². The number of nitrogens with one attached hydrogen (secondary N) is 1. The fraction of sp³-hybridized carbons (Fsp3) is 0.444. The largest absolute Gasteiger partial charge is 0.496 e. The second-order valence-electron chi connectivity index (χ2n) is 6.69. The first-order chi connectivity index (χ1) is 11.8. The zero-order valence-corrected chi connectivity index (χ0v) is 16.8. The molecule has 0 radical (unpaired) electrons. The van der Waals surface area contributed by atoms with Gasteiger partial charge in [0.1, 0.15) is 5.75 Å². The number of ether oxygens (including phenoxy) is 1. The first-order valence-corrected chi connectivity index (χ1v) is 9.23. The highest BCUT2D eigenvalue weighted by molar-refractivity contribution is 7.09. The van der Waals surface area contributed by atoms with Gasteiger partial charge >= 0.3 is 0 Å². The van der Waals surface area contributed by atoms with Crippen LogP contribution in [0.5, 0.6) is 5.75 Å². The minimum absolute atomic E-state index is 0.00335. The van der Waals surface area contributed by atoms with Crippen molar-refractivity contribution >= 4 is 28.8 Å². The lowest BCUT2D eigenvalue weighted by molar-refractivity contribution is 0.0995. The number of carbonyl (C=O) groups excluding carboxylic acids is 1. The van der Waals surface area contributed by atoms with Crippen molar-refractivity contribution < 1.29 is 9.53 Å². The average Bonchev–Trinajstić information content (AvgIpc) is 2.95. The molecule has 5 nitrogen and oxygen atoms in total. The Hall–Kier alpha value is -1.63. The van der Waals surface area contributed by atoms with E-state index >= 15 is 0 Å². The van der Waals surface area contributed by atoms with Crippen LogP contribution < -0.4 is 14.9 Å². The number of rotatable bonds is 5. The monoisotopic (exact) mass is 381 g/mol. The number of hydrogen-bond donors (Lipinski definition) is 1. The summed E-state index contributed by atoms with van der Waals surface area (Å²) < 4.78 is 7.27. The number of thiazole rings is 1. The summed E-state index contributed by atoms with van der Waals surface area (Å²) in [5.74, 6) is 0.104. The van der Waals surface area contributed by atoms with Gasteiger partial charge in [-0.3, -0.25) is 4.79 Å². The molecular weight excluding hydrogens is 358 g/mol. The Morgan fingerprint density at radius 3 is 2.72 bits per heavy atom. The van der Waals surface area contributed by atoms with E-state index in [0.717, 1.165) is 13.1 Å². The summed E-state index contributed by atoms with van der Waals surface area (Å²) in [6.07, 6.45) is 2.07. The van der Waals surface area contributed by atoms with Crippen molar-refractivity contribution in [1.82, 2.24) is 9.88 Å². The summed E-state index contributed by atoms with van der Waals surface area (Å²) in [4.78, 5) is 18.9. The summed E-state index contributed by atoms with van der Waals surface area (Å²) in [7, 11) is 3.42. The van der Waals surface area contributed by atoms with Crippen molar-refractivity contribution in [3.05, 3.63) is 44.7 Å². The van der Waals surface area contributed by atoms with Crippen molar-refractivity contribution in [3.8, 4) is 5.75 Å². The minimum Gasteiger partial charge on any atom is -0.496 e. The van der Waals surface area contributed by atoms with Gasteiger partial charge in [-0.05, 0) is 30.7 Å². The SMILES string of the molecule is CNCCn1cc(C(C)(C)C)sc1=NC(=O)c1cc(Cl)ccc1OC. The molecule has 1 N–H and O–H groups in total. The predicted molar refractivity (Wildman–Crippen MR) is 103 cm³/mol. The summed E-state index contributed by atoms with van der Waals surface area (Å²) in [5.41, 5.74) is 0.359. The Morgan fingerprint density at radius 2 is 2.12 bits per heavy atom. The van der Waals surface area contributed by atoms with Crippen molar-refractivity contribution in [2.24, 2.45) is 4.99 Å². The number of hydrogen-bond acceptors (Lipinski definition) is 4. The molecule has 0 unspecified atom stereocenters. The molecule has 0 aliphatic carbocycles. The fourth-order valence-corrected chi connectivity index (χ4v) is 3.45. The topological polar surface area (TPSA) is 55.6 Å². The van der Waals surface area contributed by atoms with E-state index in [9.17, 15) is 4.79 Å². The molecule has 25 heavy (non-hydrogen) atoms. The van der Waals surface area contributed by atoms with E-state index < -0.39 is 0 Å². The molecule has 2 aromatic rings. The molecule has 1 aromatic heterocycles. The van der Waals surface area contributed by atoms with Gasteiger partial charge in [-0.2, -0.15) is 4.99 Å². The van der Waals surface area contributed by atoms with Gasteiger partial charge in [0, 0.05) is 29.2 Å². The van der Waals surface area contributed by atoms with Gasteiger partial charge < -0.3 is 14.6 Å². The van der Waals surface area contributed by atoms with Crippen LogP contribution in [0.15, 0.2) is 29.4 Å². The van der Waals surface area contributed by atoms with Gasteiger partial charge in [0.05, 0.1) is 12.7 Å². The van der Waals surface area contributed by atoms with E-state index in [4.69, 9.17) is 16.3 Å². The van der Waals surface area contributed by atoms with Crippen LogP contribution in [0.1, 0.15) is 36.0 Å².